The van der Waals surface area contributed by atoms with Crippen LogP contribution in [0.15, 0.2) is 0 Å². The van der Waals surface area contributed by atoms with Crippen molar-refractivity contribution in [1.82, 2.24) is 0 Å². The number of hydrogen-bond acceptors (Lipinski definition) is 2. The van der Waals surface area contributed by atoms with E-state index in [-0.39, 0.29) is 29.6 Å². The molecule has 0 aromatic heterocycles. The van der Waals surface area contributed by atoms with Gasteiger partial charge in [-0.25, -0.2) is 0 Å². The normalized spacial score (nSPS) is 11.3. The first-order chi connectivity index (χ1) is 4.22. The Morgan fingerprint density at radius 3 is 2.30 bits per heavy atom. The summed E-state index contributed by atoms with van der Waals surface area (Å²) in [4.78, 5) is 20.0. The number of aliphatic carboxylic acids is 1. The summed E-state index contributed by atoms with van der Waals surface area (Å²) in [5.41, 5.74) is 0. The zero-order chi connectivity index (χ0) is 7.28. The van der Waals surface area contributed by atoms with Crippen molar-refractivity contribution in [3.05, 3.63) is 0 Å². The predicted molar refractivity (Wildman–Crippen MR) is 39.2 cm³/mol. The molecule has 0 aromatic rings. The summed E-state index contributed by atoms with van der Waals surface area (Å²) >= 11 is 0. The summed E-state index contributed by atoms with van der Waals surface area (Å²) in [6.07, 6.45) is 1.65. The molecule has 1 N–H and O–H groups in total. The first-order valence-corrected chi connectivity index (χ1v) is 2.90. The van der Waals surface area contributed by atoms with Crippen LogP contribution in [-0.2, 0) is 9.59 Å². The number of carbonyl (C=O) groups excluding carboxylic acids is 1. The Morgan fingerprint density at radius 1 is 1.70 bits per heavy atom. The van der Waals surface area contributed by atoms with Gasteiger partial charge in [0.25, 0.3) is 0 Å². The molecule has 0 saturated heterocycles. The van der Waals surface area contributed by atoms with Crippen molar-refractivity contribution in [3.8, 4) is 0 Å². The van der Waals surface area contributed by atoms with Crippen LogP contribution in [0.25, 0.3) is 0 Å². The van der Waals surface area contributed by atoms with E-state index < -0.39 is 11.9 Å². The molecular weight excluding hydrogens is 143 g/mol. The van der Waals surface area contributed by atoms with Crippen LogP contribution in [0.3, 0.4) is 0 Å². The van der Waals surface area contributed by atoms with E-state index in [0.717, 1.165) is 6.42 Å². The number of carbonyl (C=O) groups is 2. The number of hydrogen-bond donors (Lipinski definition) is 1. The van der Waals surface area contributed by atoms with Gasteiger partial charge in [0.2, 0.25) is 0 Å². The van der Waals surface area contributed by atoms with Gasteiger partial charge in [-0.15, -0.1) is 0 Å². The Labute approximate surface area is 82.1 Å². The summed E-state index contributed by atoms with van der Waals surface area (Å²) in [5, 5.41) is 8.27. The molecule has 0 aliphatic heterocycles. The second-order valence-electron chi connectivity index (χ2n) is 1.87. The van der Waals surface area contributed by atoms with Gasteiger partial charge in [0, 0.05) is 0 Å². The standard InChI is InChI=1S/C6H10O3.Na.H/c1-2-3-5(4-7)6(8)9;;/h4-5H,2-3H2,1H3,(H,8,9);;. The molecule has 0 aliphatic rings. The van der Waals surface area contributed by atoms with Crippen molar-refractivity contribution < 1.29 is 14.7 Å². The molecule has 0 amide bonds. The van der Waals surface area contributed by atoms with Gasteiger partial charge < -0.3 is 9.90 Å². The van der Waals surface area contributed by atoms with Gasteiger partial charge in [0.05, 0.1) is 0 Å². The Balaban J connectivity index is 0. The molecule has 3 nitrogen and oxygen atoms in total. The van der Waals surface area contributed by atoms with E-state index in [1.165, 1.54) is 0 Å². The molecule has 54 valence electrons. The predicted octanol–water partition coefficient (Wildman–Crippen LogP) is 0.0377. The molecule has 1 atom stereocenters. The van der Waals surface area contributed by atoms with Gasteiger partial charge in [-0.2, -0.15) is 0 Å². The molecule has 0 rings (SSSR count). The third kappa shape index (κ3) is 4.97. The molecule has 0 heterocycles. The van der Waals surface area contributed by atoms with E-state index in [0.29, 0.717) is 12.7 Å². The van der Waals surface area contributed by atoms with Crippen LogP contribution in [0.2, 0.25) is 0 Å². The van der Waals surface area contributed by atoms with Crippen LogP contribution >= 0.6 is 0 Å². The van der Waals surface area contributed by atoms with Gasteiger partial charge in [-0.1, -0.05) is 13.3 Å². The van der Waals surface area contributed by atoms with Crippen LogP contribution in [0.5, 0.6) is 0 Å². The first kappa shape index (κ1) is 12.8. The molecule has 0 saturated carbocycles. The summed E-state index contributed by atoms with van der Waals surface area (Å²) in [7, 11) is 0. The number of aldehydes is 1. The zero-order valence-electron chi connectivity index (χ0n) is 5.33. The van der Waals surface area contributed by atoms with Gasteiger partial charge in [-0.05, 0) is 6.42 Å². The maximum atomic E-state index is 10.1. The van der Waals surface area contributed by atoms with E-state index >= 15 is 0 Å². The van der Waals surface area contributed by atoms with Crippen molar-refractivity contribution in [2.45, 2.75) is 19.8 Å². The number of carboxylic acid groups (broad SMARTS) is 1. The second kappa shape index (κ2) is 7.25. The molecule has 0 spiro atoms. The van der Waals surface area contributed by atoms with Crippen molar-refractivity contribution in [1.29, 1.82) is 0 Å². The first-order valence-electron chi connectivity index (χ1n) is 2.90. The quantitative estimate of drug-likeness (QED) is 0.353. The summed E-state index contributed by atoms with van der Waals surface area (Å²) in [6, 6.07) is 0. The molecule has 1 unspecified atom stereocenters. The molecule has 10 heavy (non-hydrogen) atoms. The van der Waals surface area contributed by atoms with Crippen LogP contribution in [0.1, 0.15) is 19.8 Å². The van der Waals surface area contributed by atoms with Crippen molar-refractivity contribution in [2.75, 3.05) is 0 Å². The fourth-order valence-corrected chi connectivity index (χ4v) is 0.561. The summed E-state index contributed by atoms with van der Waals surface area (Å²) in [6.45, 7) is 1.85. The number of rotatable bonds is 4. The topological polar surface area (TPSA) is 54.4 Å². The fourth-order valence-electron chi connectivity index (χ4n) is 0.561. The van der Waals surface area contributed by atoms with Crippen LogP contribution in [-0.4, -0.2) is 46.9 Å². The molecule has 4 heteroatoms. The Morgan fingerprint density at radius 2 is 2.20 bits per heavy atom. The van der Waals surface area contributed by atoms with E-state index in [4.69, 9.17) is 5.11 Å². The average molecular weight is 154 g/mol. The van der Waals surface area contributed by atoms with Crippen LogP contribution < -0.4 is 0 Å². The van der Waals surface area contributed by atoms with E-state index in [1.54, 1.807) is 0 Å². The third-order valence-electron chi connectivity index (χ3n) is 1.08. The fraction of sp³-hybridized carbons (Fsp3) is 0.667. The van der Waals surface area contributed by atoms with Gasteiger partial charge in [0.1, 0.15) is 12.2 Å². The Kier molecular flexibility index (Phi) is 9.27. The molecule has 0 aromatic carbocycles. The minimum atomic E-state index is -1.02. The summed E-state index contributed by atoms with van der Waals surface area (Å²) in [5.74, 6) is -1.82. The van der Waals surface area contributed by atoms with Gasteiger partial charge in [-0.3, -0.25) is 4.79 Å². The molecular formula is C6H11NaO3. The van der Waals surface area contributed by atoms with Crippen molar-refractivity contribution in [2.24, 2.45) is 5.92 Å². The molecule has 0 aliphatic carbocycles. The maximum absolute atomic E-state index is 10.1. The molecule has 0 radical (unpaired) electrons. The van der Waals surface area contributed by atoms with Crippen LogP contribution in [0.4, 0.5) is 0 Å². The van der Waals surface area contributed by atoms with E-state index in [1.807, 2.05) is 6.92 Å². The Hall–Kier alpha value is 0.140. The number of carboxylic acids is 1. The second-order valence-corrected chi connectivity index (χ2v) is 1.87. The SMILES string of the molecule is CCCC(C=O)C(=O)O.[NaH]. The summed E-state index contributed by atoms with van der Waals surface area (Å²) < 4.78 is 0. The van der Waals surface area contributed by atoms with Crippen molar-refractivity contribution >= 4 is 41.8 Å². The third-order valence-corrected chi connectivity index (χ3v) is 1.08. The van der Waals surface area contributed by atoms with E-state index in [9.17, 15) is 9.59 Å². The monoisotopic (exact) mass is 154 g/mol. The van der Waals surface area contributed by atoms with Gasteiger partial charge >= 0.3 is 35.5 Å². The molecule has 0 fully saturated rings. The zero-order valence-corrected chi connectivity index (χ0v) is 5.33. The van der Waals surface area contributed by atoms with Crippen LogP contribution in [0, 0.1) is 5.92 Å². The van der Waals surface area contributed by atoms with Crippen molar-refractivity contribution in [3.63, 3.8) is 0 Å². The molecule has 0 bridgehead atoms. The average Bonchev–Trinajstić information content (AvgIpc) is 1.82. The van der Waals surface area contributed by atoms with E-state index in [2.05, 4.69) is 0 Å². The van der Waals surface area contributed by atoms with Gasteiger partial charge in [0.15, 0.2) is 0 Å². The minimum absolute atomic E-state index is 0. The Bertz CT molecular complexity index is 114.